The van der Waals surface area contributed by atoms with Crippen LogP contribution in [-0.2, 0) is 15.3 Å². The van der Waals surface area contributed by atoms with E-state index in [1.54, 1.807) is 23.9 Å². The number of hydrogen-bond acceptors (Lipinski definition) is 5. The zero-order valence-corrected chi connectivity index (χ0v) is 11.0. The largest absolute Gasteiger partial charge is 0.481 e. The fourth-order valence-electron chi connectivity index (χ4n) is 1.32. The summed E-state index contributed by atoms with van der Waals surface area (Å²) in [6, 6.07) is 3.34. The van der Waals surface area contributed by atoms with E-state index in [2.05, 4.69) is 4.74 Å². The molecule has 0 fully saturated rings. The third-order valence-electron chi connectivity index (χ3n) is 2.22. The number of rotatable bonds is 8. The number of aliphatic carboxylic acids is 1. The maximum absolute atomic E-state index is 11.1. The zero-order chi connectivity index (χ0) is 13.4. The molecular formula is C12H16O5S. The number of carboxylic acid groups (broad SMARTS) is 1. The minimum atomic E-state index is -0.756. The van der Waals surface area contributed by atoms with Crippen molar-refractivity contribution in [2.45, 2.75) is 25.0 Å². The fraction of sp³-hybridized carbons (Fsp3) is 0.500. The summed E-state index contributed by atoms with van der Waals surface area (Å²) in [5.74, 6) is 1.24. The molecule has 1 heterocycles. The molecule has 1 aromatic heterocycles. The number of ether oxygens (including phenoxy) is 1. The molecule has 0 atom stereocenters. The number of esters is 1. The Hall–Kier alpha value is -1.43. The van der Waals surface area contributed by atoms with Crippen LogP contribution in [0.2, 0.25) is 0 Å². The molecule has 0 aromatic carbocycles. The van der Waals surface area contributed by atoms with E-state index in [4.69, 9.17) is 9.52 Å². The van der Waals surface area contributed by atoms with Gasteiger partial charge in [0.15, 0.2) is 0 Å². The molecule has 0 saturated carbocycles. The lowest BCUT2D eigenvalue weighted by Gasteiger charge is -1.98. The topological polar surface area (TPSA) is 76.7 Å². The number of carbonyl (C=O) groups excluding carboxylic acids is 1. The summed E-state index contributed by atoms with van der Waals surface area (Å²) < 4.78 is 9.83. The first-order valence-electron chi connectivity index (χ1n) is 5.60. The molecule has 6 heteroatoms. The predicted molar refractivity (Wildman–Crippen MR) is 67.7 cm³/mol. The molecule has 0 radical (unpaired) electrons. The van der Waals surface area contributed by atoms with Crippen LogP contribution < -0.4 is 0 Å². The molecule has 5 nitrogen and oxygen atoms in total. The number of unbranched alkanes of at least 4 members (excludes halogenated alkanes) is 1. The van der Waals surface area contributed by atoms with Crippen molar-refractivity contribution in [1.82, 2.24) is 0 Å². The first-order valence-corrected chi connectivity index (χ1v) is 6.75. The molecule has 0 amide bonds. The standard InChI is InChI=1S/C12H16O5S/c1-16-12(15)10-6-5-9(17-10)8-18-7-3-2-4-11(13)14/h5-6H,2-4,7-8H2,1H3,(H,13,14). The van der Waals surface area contributed by atoms with Crippen molar-refractivity contribution in [1.29, 1.82) is 0 Å². The van der Waals surface area contributed by atoms with Crippen LogP contribution in [0.15, 0.2) is 16.5 Å². The van der Waals surface area contributed by atoms with E-state index in [1.807, 2.05) is 0 Å². The van der Waals surface area contributed by atoms with Crippen LogP contribution >= 0.6 is 11.8 Å². The molecule has 0 unspecified atom stereocenters. The quantitative estimate of drug-likeness (QED) is 0.579. The summed E-state index contributed by atoms with van der Waals surface area (Å²) in [7, 11) is 1.31. The second kappa shape index (κ2) is 7.81. The number of carboxylic acids is 1. The number of methoxy groups -OCH3 is 1. The number of carbonyl (C=O) groups is 2. The third kappa shape index (κ3) is 5.27. The van der Waals surface area contributed by atoms with Gasteiger partial charge in [-0.3, -0.25) is 4.79 Å². The highest BCUT2D eigenvalue weighted by atomic mass is 32.2. The van der Waals surface area contributed by atoms with Gasteiger partial charge in [0.05, 0.1) is 12.9 Å². The lowest BCUT2D eigenvalue weighted by molar-refractivity contribution is -0.137. The Kier molecular flexibility index (Phi) is 6.35. The zero-order valence-electron chi connectivity index (χ0n) is 10.2. The average molecular weight is 272 g/mol. The highest BCUT2D eigenvalue weighted by molar-refractivity contribution is 7.98. The maximum Gasteiger partial charge on any atom is 0.373 e. The molecule has 100 valence electrons. The van der Waals surface area contributed by atoms with E-state index in [0.717, 1.165) is 17.9 Å². The number of furan rings is 1. The summed E-state index contributed by atoms with van der Waals surface area (Å²) >= 11 is 1.65. The van der Waals surface area contributed by atoms with Gasteiger partial charge in [0.1, 0.15) is 5.76 Å². The van der Waals surface area contributed by atoms with Crippen LogP contribution in [0.1, 0.15) is 35.6 Å². The summed E-state index contributed by atoms with van der Waals surface area (Å²) in [6.45, 7) is 0. The van der Waals surface area contributed by atoms with E-state index >= 15 is 0 Å². The van der Waals surface area contributed by atoms with Crippen LogP contribution in [-0.4, -0.2) is 29.9 Å². The molecule has 1 aromatic rings. The lowest BCUT2D eigenvalue weighted by Crippen LogP contribution is -1.98. The smallest absolute Gasteiger partial charge is 0.373 e. The molecular weight excluding hydrogens is 256 g/mol. The second-order valence-electron chi connectivity index (χ2n) is 3.66. The summed E-state index contributed by atoms with van der Waals surface area (Å²) in [5, 5.41) is 8.46. The van der Waals surface area contributed by atoms with E-state index in [1.165, 1.54) is 7.11 Å². The van der Waals surface area contributed by atoms with Gasteiger partial charge in [0.2, 0.25) is 5.76 Å². The minimum Gasteiger partial charge on any atom is -0.481 e. The molecule has 0 saturated heterocycles. The maximum atomic E-state index is 11.1. The van der Waals surface area contributed by atoms with Gasteiger partial charge in [-0.1, -0.05) is 0 Å². The first kappa shape index (κ1) is 14.6. The van der Waals surface area contributed by atoms with Crippen molar-refractivity contribution in [3.05, 3.63) is 23.7 Å². The Balaban J connectivity index is 2.17. The Labute approximate surface area is 109 Å². The Bertz CT molecular complexity index is 399. The predicted octanol–water partition coefficient (Wildman–Crippen LogP) is 2.55. The molecule has 0 spiro atoms. The highest BCUT2D eigenvalue weighted by Crippen LogP contribution is 2.17. The molecule has 1 rings (SSSR count). The Morgan fingerprint density at radius 3 is 2.83 bits per heavy atom. The van der Waals surface area contributed by atoms with Gasteiger partial charge in [-0.15, -0.1) is 0 Å². The summed E-state index contributed by atoms with van der Waals surface area (Å²) in [4.78, 5) is 21.4. The van der Waals surface area contributed by atoms with Gasteiger partial charge >= 0.3 is 11.9 Å². The fourth-order valence-corrected chi connectivity index (χ4v) is 2.23. The molecule has 1 N–H and O–H groups in total. The Morgan fingerprint density at radius 2 is 2.17 bits per heavy atom. The van der Waals surface area contributed by atoms with Crippen molar-refractivity contribution < 1.29 is 23.8 Å². The minimum absolute atomic E-state index is 0.207. The monoisotopic (exact) mass is 272 g/mol. The molecule has 0 aliphatic heterocycles. The van der Waals surface area contributed by atoms with Crippen molar-refractivity contribution in [2.24, 2.45) is 0 Å². The van der Waals surface area contributed by atoms with E-state index in [0.29, 0.717) is 12.2 Å². The second-order valence-corrected chi connectivity index (χ2v) is 4.77. The van der Waals surface area contributed by atoms with Gasteiger partial charge in [-0.25, -0.2) is 4.79 Å². The molecule has 0 aliphatic rings. The normalized spacial score (nSPS) is 10.3. The van der Waals surface area contributed by atoms with Crippen molar-refractivity contribution in [3.8, 4) is 0 Å². The van der Waals surface area contributed by atoms with Crippen molar-refractivity contribution in [3.63, 3.8) is 0 Å². The molecule has 0 aliphatic carbocycles. The van der Waals surface area contributed by atoms with Gasteiger partial charge in [0, 0.05) is 6.42 Å². The SMILES string of the molecule is COC(=O)c1ccc(CSCCCCC(=O)O)o1. The number of hydrogen-bond donors (Lipinski definition) is 1. The van der Waals surface area contributed by atoms with E-state index in [-0.39, 0.29) is 12.2 Å². The average Bonchev–Trinajstić information content (AvgIpc) is 2.81. The van der Waals surface area contributed by atoms with Crippen molar-refractivity contribution >= 4 is 23.7 Å². The lowest BCUT2D eigenvalue weighted by atomic mass is 10.3. The van der Waals surface area contributed by atoms with Crippen LogP contribution in [0.5, 0.6) is 0 Å². The highest BCUT2D eigenvalue weighted by Gasteiger charge is 2.10. The van der Waals surface area contributed by atoms with Crippen molar-refractivity contribution in [2.75, 3.05) is 12.9 Å². The molecule has 0 bridgehead atoms. The Morgan fingerprint density at radius 1 is 1.39 bits per heavy atom. The molecule has 18 heavy (non-hydrogen) atoms. The van der Waals surface area contributed by atoms with Gasteiger partial charge < -0.3 is 14.3 Å². The van der Waals surface area contributed by atoms with Crippen LogP contribution in [0.3, 0.4) is 0 Å². The number of thioether (sulfide) groups is 1. The van der Waals surface area contributed by atoms with Crippen LogP contribution in [0.4, 0.5) is 0 Å². The summed E-state index contributed by atoms with van der Waals surface area (Å²) in [6.07, 6.45) is 1.77. The van der Waals surface area contributed by atoms with Gasteiger partial charge in [-0.2, -0.15) is 11.8 Å². The van der Waals surface area contributed by atoms with E-state index in [9.17, 15) is 9.59 Å². The van der Waals surface area contributed by atoms with Crippen LogP contribution in [0.25, 0.3) is 0 Å². The van der Waals surface area contributed by atoms with Crippen LogP contribution in [0, 0.1) is 0 Å². The third-order valence-corrected chi connectivity index (χ3v) is 3.29. The summed E-state index contributed by atoms with van der Waals surface area (Å²) in [5.41, 5.74) is 0. The van der Waals surface area contributed by atoms with Gasteiger partial charge in [-0.05, 0) is 30.7 Å². The van der Waals surface area contributed by atoms with Gasteiger partial charge in [0.25, 0.3) is 0 Å². The first-order chi connectivity index (χ1) is 8.63. The van der Waals surface area contributed by atoms with E-state index < -0.39 is 11.9 Å².